The predicted molar refractivity (Wildman–Crippen MR) is 46.1 cm³/mol. The summed E-state index contributed by atoms with van der Waals surface area (Å²) >= 11 is 0. The molecule has 0 N–H and O–H groups in total. The van der Waals surface area contributed by atoms with Gasteiger partial charge in [0.15, 0.2) is 0 Å². The molecule has 0 aromatic heterocycles. The molecule has 0 heterocycles. The number of nitro groups is 1. The number of hydrogen-bond donors (Lipinski definition) is 0. The van der Waals surface area contributed by atoms with Gasteiger partial charge in [0.05, 0.1) is 10.5 Å². The van der Waals surface area contributed by atoms with Gasteiger partial charge in [0, 0.05) is 12.1 Å². The van der Waals surface area contributed by atoms with Gasteiger partial charge in [0.1, 0.15) is 0 Å². The largest absolute Gasteiger partial charge is 0.416 e. The van der Waals surface area contributed by atoms with E-state index < -0.39 is 22.4 Å². The van der Waals surface area contributed by atoms with Crippen molar-refractivity contribution in [2.75, 3.05) is 0 Å². The van der Waals surface area contributed by atoms with Gasteiger partial charge in [0.25, 0.3) is 5.69 Å². The van der Waals surface area contributed by atoms with Crippen molar-refractivity contribution < 1.29 is 18.1 Å². The van der Waals surface area contributed by atoms with Gasteiger partial charge >= 0.3 is 6.18 Å². The molecule has 1 aromatic rings. The molecule has 1 aromatic carbocycles. The molecule has 79 valence electrons. The Labute approximate surface area is 83.0 Å². The molecule has 1 radical (unpaired) electrons. The molecule has 0 bridgehead atoms. The van der Waals surface area contributed by atoms with Gasteiger partial charge in [-0.3, -0.25) is 10.1 Å². The van der Waals surface area contributed by atoms with Crippen LogP contribution < -0.4 is 0 Å². The lowest BCUT2D eigenvalue weighted by Crippen LogP contribution is -2.06. The van der Waals surface area contributed by atoms with Crippen LogP contribution in [0.2, 0.25) is 0 Å². The standard InChI is InChI=1S/C9H5F3NO2/c1-2-6-3-7(9(10,11)12)5-8(4-6)13(14)15/h3-5H,1H2. The molecule has 0 saturated heterocycles. The summed E-state index contributed by atoms with van der Waals surface area (Å²) in [5.74, 6) is 0. The van der Waals surface area contributed by atoms with Gasteiger partial charge in [-0.15, -0.1) is 0 Å². The van der Waals surface area contributed by atoms with Crippen LogP contribution in [0.1, 0.15) is 11.1 Å². The summed E-state index contributed by atoms with van der Waals surface area (Å²) in [7, 11) is 0. The number of benzene rings is 1. The second-order valence-electron chi connectivity index (χ2n) is 2.70. The highest BCUT2D eigenvalue weighted by molar-refractivity contribution is 5.42. The Hall–Kier alpha value is -1.85. The summed E-state index contributed by atoms with van der Waals surface area (Å²) in [6.07, 6.45) is -2.43. The zero-order valence-corrected chi connectivity index (χ0v) is 7.34. The van der Waals surface area contributed by atoms with E-state index in [0.717, 1.165) is 12.1 Å². The fourth-order valence-electron chi connectivity index (χ4n) is 0.982. The second kappa shape index (κ2) is 3.72. The molecule has 0 aliphatic carbocycles. The van der Waals surface area contributed by atoms with Gasteiger partial charge in [0.2, 0.25) is 0 Å². The summed E-state index contributed by atoms with van der Waals surface area (Å²) < 4.78 is 36.8. The summed E-state index contributed by atoms with van der Waals surface area (Å²) in [5, 5.41) is 10.3. The second-order valence-corrected chi connectivity index (χ2v) is 2.70. The normalized spacial score (nSPS) is 11.1. The monoisotopic (exact) mass is 216 g/mol. The third kappa shape index (κ3) is 2.55. The van der Waals surface area contributed by atoms with Crippen LogP contribution in [-0.4, -0.2) is 4.92 Å². The van der Waals surface area contributed by atoms with Crippen LogP contribution in [0.25, 0.3) is 0 Å². The molecule has 6 heteroatoms. The minimum atomic E-state index is -4.61. The van der Waals surface area contributed by atoms with Crippen molar-refractivity contribution in [2.45, 2.75) is 6.18 Å². The van der Waals surface area contributed by atoms with Crippen LogP contribution in [0.3, 0.4) is 0 Å². The molecule has 0 fully saturated rings. The third-order valence-corrected chi connectivity index (χ3v) is 1.66. The zero-order valence-electron chi connectivity index (χ0n) is 7.34. The molecule has 0 spiro atoms. The van der Waals surface area contributed by atoms with Crippen molar-refractivity contribution in [3.05, 3.63) is 52.1 Å². The maximum absolute atomic E-state index is 12.3. The number of nitro benzene ring substituents is 1. The molecule has 0 atom stereocenters. The van der Waals surface area contributed by atoms with Crippen LogP contribution in [0.5, 0.6) is 0 Å². The van der Waals surface area contributed by atoms with Crippen molar-refractivity contribution >= 4 is 5.69 Å². The number of alkyl halides is 3. The summed E-state index contributed by atoms with van der Waals surface area (Å²) in [6, 6.07) is 2.20. The molecule has 1 rings (SSSR count). The number of non-ortho nitro benzene ring substituents is 1. The van der Waals surface area contributed by atoms with E-state index in [-0.39, 0.29) is 5.56 Å². The van der Waals surface area contributed by atoms with Gasteiger partial charge in [-0.2, -0.15) is 13.2 Å². The smallest absolute Gasteiger partial charge is 0.258 e. The summed E-state index contributed by atoms with van der Waals surface area (Å²) in [5.41, 5.74) is -1.77. The lowest BCUT2D eigenvalue weighted by molar-refractivity contribution is -0.385. The van der Waals surface area contributed by atoms with Gasteiger partial charge in [-0.25, -0.2) is 0 Å². The molecular weight excluding hydrogens is 211 g/mol. The van der Waals surface area contributed by atoms with E-state index >= 15 is 0 Å². The Kier molecular flexibility index (Phi) is 2.78. The molecule has 0 unspecified atom stereocenters. The molecule has 3 nitrogen and oxygen atoms in total. The Bertz CT molecular complexity index is 412. The lowest BCUT2D eigenvalue weighted by Gasteiger charge is -2.06. The SMILES string of the molecule is C=[C]c1cc([N+](=O)[O-])cc(C(F)(F)F)c1. The Morgan fingerprint density at radius 3 is 2.33 bits per heavy atom. The predicted octanol–water partition coefficient (Wildman–Crippen LogP) is 2.95. The van der Waals surface area contributed by atoms with Crippen LogP contribution in [0.15, 0.2) is 24.8 Å². The Morgan fingerprint density at radius 1 is 1.33 bits per heavy atom. The zero-order chi connectivity index (χ0) is 11.6. The van der Waals surface area contributed by atoms with E-state index in [1.165, 1.54) is 0 Å². The maximum Gasteiger partial charge on any atom is 0.416 e. The average Bonchev–Trinajstić information content (AvgIpc) is 2.15. The quantitative estimate of drug-likeness (QED) is 0.563. The Morgan fingerprint density at radius 2 is 1.93 bits per heavy atom. The fourth-order valence-corrected chi connectivity index (χ4v) is 0.982. The van der Waals surface area contributed by atoms with Crippen LogP contribution in [0.4, 0.5) is 18.9 Å². The van der Waals surface area contributed by atoms with Gasteiger partial charge in [-0.05, 0) is 17.7 Å². The molecule has 0 aliphatic heterocycles. The van der Waals surface area contributed by atoms with E-state index in [1.807, 2.05) is 0 Å². The summed E-state index contributed by atoms with van der Waals surface area (Å²) in [4.78, 5) is 9.45. The van der Waals surface area contributed by atoms with E-state index in [1.54, 1.807) is 0 Å². The molecule has 0 amide bonds. The van der Waals surface area contributed by atoms with E-state index in [4.69, 9.17) is 0 Å². The molecular formula is C9H5F3NO2. The highest BCUT2D eigenvalue weighted by Crippen LogP contribution is 2.32. The molecule has 0 saturated carbocycles. The lowest BCUT2D eigenvalue weighted by atomic mass is 10.1. The van der Waals surface area contributed by atoms with Crippen molar-refractivity contribution in [1.82, 2.24) is 0 Å². The number of hydrogen-bond acceptors (Lipinski definition) is 2. The highest BCUT2D eigenvalue weighted by Gasteiger charge is 2.32. The fraction of sp³-hybridized carbons (Fsp3) is 0.111. The molecule has 15 heavy (non-hydrogen) atoms. The van der Waals surface area contributed by atoms with Crippen molar-refractivity contribution in [3.63, 3.8) is 0 Å². The van der Waals surface area contributed by atoms with Gasteiger partial charge in [-0.1, -0.05) is 6.58 Å². The highest BCUT2D eigenvalue weighted by atomic mass is 19.4. The number of nitrogens with zero attached hydrogens (tertiary/aromatic N) is 1. The number of rotatable bonds is 2. The van der Waals surface area contributed by atoms with Crippen molar-refractivity contribution in [2.24, 2.45) is 0 Å². The topological polar surface area (TPSA) is 43.1 Å². The van der Waals surface area contributed by atoms with Crippen LogP contribution in [-0.2, 0) is 6.18 Å². The van der Waals surface area contributed by atoms with Crippen LogP contribution >= 0.6 is 0 Å². The maximum atomic E-state index is 12.3. The molecule has 0 aliphatic rings. The third-order valence-electron chi connectivity index (χ3n) is 1.66. The van der Waals surface area contributed by atoms with E-state index in [9.17, 15) is 23.3 Å². The summed E-state index contributed by atoms with van der Waals surface area (Å²) in [6.45, 7) is 3.14. The first kappa shape index (κ1) is 11.2. The first-order valence-electron chi connectivity index (χ1n) is 3.74. The minimum Gasteiger partial charge on any atom is -0.258 e. The number of halogens is 3. The van der Waals surface area contributed by atoms with E-state index in [0.29, 0.717) is 6.07 Å². The first-order chi connectivity index (χ1) is 6.84. The van der Waals surface area contributed by atoms with Crippen molar-refractivity contribution in [1.29, 1.82) is 0 Å². The van der Waals surface area contributed by atoms with E-state index in [2.05, 4.69) is 12.7 Å². The minimum absolute atomic E-state index is 0.0588. The first-order valence-corrected chi connectivity index (χ1v) is 3.74. The van der Waals surface area contributed by atoms with Crippen LogP contribution in [0, 0.1) is 16.2 Å². The Balaban J connectivity index is 3.36. The average molecular weight is 216 g/mol. The van der Waals surface area contributed by atoms with Gasteiger partial charge < -0.3 is 0 Å². The van der Waals surface area contributed by atoms with Crippen molar-refractivity contribution in [3.8, 4) is 0 Å².